The highest BCUT2D eigenvalue weighted by Crippen LogP contribution is 2.30. The van der Waals surface area contributed by atoms with Gasteiger partial charge in [0.05, 0.1) is 31.3 Å². The molecule has 0 aliphatic carbocycles. The quantitative estimate of drug-likeness (QED) is 0.422. The molecule has 0 saturated carbocycles. The largest absolute Gasteiger partial charge is 0.466 e. The highest BCUT2D eigenvalue weighted by atomic mass is 32.1. The normalized spacial score (nSPS) is 14.0. The van der Waals surface area contributed by atoms with Gasteiger partial charge in [0.25, 0.3) is 0 Å². The van der Waals surface area contributed by atoms with Crippen LogP contribution in [0.4, 0.5) is 4.79 Å². The number of hydrogen-bond donors (Lipinski definition) is 1. The van der Waals surface area contributed by atoms with Crippen molar-refractivity contribution in [3.63, 3.8) is 0 Å². The highest BCUT2D eigenvalue weighted by molar-refractivity contribution is 7.17. The molecule has 5 rings (SSSR count). The predicted octanol–water partition coefficient (Wildman–Crippen LogP) is 4.22. The number of nitrogens with zero attached hydrogens (tertiary/aromatic N) is 4. The number of benzene rings is 2. The van der Waals surface area contributed by atoms with Gasteiger partial charge in [0.2, 0.25) is 4.96 Å². The van der Waals surface area contributed by atoms with Gasteiger partial charge in [0.15, 0.2) is 5.82 Å². The summed E-state index contributed by atoms with van der Waals surface area (Å²) < 4.78 is 7.02. The summed E-state index contributed by atoms with van der Waals surface area (Å²) in [4.78, 5) is 33.7. The number of hydrogen-bond acceptors (Lipinski definition) is 6. The number of rotatable bonds is 6. The summed E-state index contributed by atoms with van der Waals surface area (Å²) in [6.45, 7) is 3.13. The third kappa shape index (κ3) is 4.51. The molecule has 1 N–H and O–H groups in total. The lowest BCUT2D eigenvalue weighted by Gasteiger charge is -2.29. The van der Waals surface area contributed by atoms with E-state index in [-0.39, 0.29) is 18.4 Å². The van der Waals surface area contributed by atoms with Gasteiger partial charge in [-0.25, -0.2) is 9.31 Å². The second-order valence-electron chi connectivity index (χ2n) is 8.06. The molecular formula is C25H25N5O3S. The Hall–Kier alpha value is -3.72. The smallest absolute Gasteiger partial charge is 0.318 e. The van der Waals surface area contributed by atoms with E-state index in [9.17, 15) is 9.59 Å². The van der Waals surface area contributed by atoms with Crippen LogP contribution in [0.5, 0.6) is 0 Å². The number of carbonyl (C=O) groups is 2. The number of aromatic nitrogens is 3. The van der Waals surface area contributed by atoms with E-state index in [1.165, 1.54) is 0 Å². The van der Waals surface area contributed by atoms with Gasteiger partial charge in [-0.15, -0.1) is 5.10 Å². The van der Waals surface area contributed by atoms with E-state index in [2.05, 4.69) is 5.32 Å². The zero-order valence-electron chi connectivity index (χ0n) is 18.8. The molecule has 0 radical (unpaired) electrons. The summed E-state index contributed by atoms with van der Waals surface area (Å²) in [5.41, 5.74) is 2.95. The molecule has 2 aromatic heterocycles. The number of fused-ring (bicyclic) bond motifs is 3. The summed E-state index contributed by atoms with van der Waals surface area (Å²) in [6.07, 6.45) is 0.774. The lowest BCUT2D eigenvalue weighted by Crippen LogP contribution is -2.44. The maximum absolute atomic E-state index is 13.2. The molecule has 0 unspecified atom stereocenters. The molecule has 174 valence electrons. The minimum Gasteiger partial charge on any atom is -0.466 e. The van der Waals surface area contributed by atoms with Gasteiger partial charge in [-0.2, -0.15) is 4.98 Å². The second-order valence-corrected chi connectivity index (χ2v) is 9.12. The Labute approximate surface area is 201 Å². The third-order valence-electron chi connectivity index (χ3n) is 5.82. The minimum absolute atomic E-state index is 0.0850. The van der Waals surface area contributed by atoms with Gasteiger partial charge in [-0.05, 0) is 12.5 Å². The summed E-state index contributed by atoms with van der Waals surface area (Å²) in [7, 11) is 0. The van der Waals surface area contributed by atoms with E-state index in [0.29, 0.717) is 31.9 Å². The molecule has 0 spiro atoms. The molecule has 4 aromatic rings. The molecular weight excluding hydrogens is 450 g/mol. The Morgan fingerprint density at radius 3 is 2.59 bits per heavy atom. The Bertz CT molecular complexity index is 1300. The maximum atomic E-state index is 13.2. The zero-order valence-corrected chi connectivity index (χ0v) is 19.6. The summed E-state index contributed by atoms with van der Waals surface area (Å²) in [5.74, 6) is 0.372. The van der Waals surface area contributed by atoms with Crippen LogP contribution < -0.4 is 5.32 Å². The first-order valence-corrected chi connectivity index (χ1v) is 12.1. The molecule has 2 aromatic carbocycles. The van der Waals surface area contributed by atoms with Crippen molar-refractivity contribution in [1.82, 2.24) is 24.8 Å². The van der Waals surface area contributed by atoms with Crippen LogP contribution in [-0.4, -0.2) is 44.7 Å². The van der Waals surface area contributed by atoms with Crippen molar-refractivity contribution >= 4 is 28.3 Å². The molecule has 34 heavy (non-hydrogen) atoms. The minimum atomic E-state index is -0.454. The number of urea groups is 1. The van der Waals surface area contributed by atoms with Crippen LogP contribution in [0, 0.1) is 0 Å². The molecule has 0 bridgehead atoms. The molecule has 2 amide bonds. The number of nitrogens with one attached hydrogen (secondary N) is 1. The van der Waals surface area contributed by atoms with Crippen LogP contribution in [0.3, 0.4) is 0 Å². The first-order valence-electron chi connectivity index (χ1n) is 11.3. The van der Waals surface area contributed by atoms with Crippen molar-refractivity contribution in [2.24, 2.45) is 0 Å². The number of amides is 2. The lowest BCUT2D eigenvalue weighted by atomic mass is 10.0. The lowest BCUT2D eigenvalue weighted by molar-refractivity contribution is -0.143. The van der Waals surface area contributed by atoms with E-state index in [0.717, 1.165) is 26.7 Å². The topological polar surface area (TPSA) is 88.8 Å². The Balaban J connectivity index is 1.31. The van der Waals surface area contributed by atoms with E-state index in [1.54, 1.807) is 23.2 Å². The van der Waals surface area contributed by atoms with Crippen LogP contribution in [0.25, 0.3) is 16.3 Å². The van der Waals surface area contributed by atoms with E-state index in [1.807, 2.05) is 65.2 Å². The van der Waals surface area contributed by atoms with Crippen molar-refractivity contribution < 1.29 is 14.3 Å². The highest BCUT2D eigenvalue weighted by Gasteiger charge is 2.28. The van der Waals surface area contributed by atoms with Crippen molar-refractivity contribution in [1.29, 1.82) is 0 Å². The standard InChI is InChI=1S/C25H25N5O3S/c1-2-33-22(31)15-19(17-9-5-3-6-10-17)26-24(32)29-14-13-20-21(16-29)34-25-27-23(28-30(20)25)18-11-7-4-8-12-18/h3-12,19H,2,13-16H2,1H3,(H,26,32)/t19-/m0/s1. The Morgan fingerprint density at radius 2 is 1.85 bits per heavy atom. The van der Waals surface area contributed by atoms with E-state index >= 15 is 0 Å². The van der Waals surface area contributed by atoms with Gasteiger partial charge in [0.1, 0.15) is 0 Å². The molecule has 1 aliphatic heterocycles. The molecule has 1 aliphatic rings. The average molecular weight is 476 g/mol. The summed E-state index contributed by atoms with van der Waals surface area (Å²) in [5, 5.41) is 7.74. The SMILES string of the molecule is CCOC(=O)C[C@H](NC(=O)N1CCc2c(sc3nc(-c4ccccc4)nn23)C1)c1ccccc1. The first-order chi connectivity index (χ1) is 16.6. The number of thiazole rings is 1. The summed E-state index contributed by atoms with van der Waals surface area (Å²) >= 11 is 1.56. The summed E-state index contributed by atoms with van der Waals surface area (Å²) in [6, 6.07) is 18.8. The Morgan fingerprint density at radius 1 is 1.12 bits per heavy atom. The predicted molar refractivity (Wildman–Crippen MR) is 129 cm³/mol. The van der Waals surface area contributed by atoms with Crippen molar-refractivity contribution in [2.75, 3.05) is 13.2 Å². The fraction of sp³-hybridized carbons (Fsp3) is 0.280. The fourth-order valence-corrected chi connectivity index (χ4v) is 5.25. The van der Waals surface area contributed by atoms with Gasteiger partial charge < -0.3 is 15.0 Å². The molecule has 0 fully saturated rings. The van der Waals surface area contributed by atoms with Crippen LogP contribution >= 0.6 is 11.3 Å². The zero-order chi connectivity index (χ0) is 23.5. The molecule has 1 atom stereocenters. The molecule has 8 nitrogen and oxygen atoms in total. The van der Waals surface area contributed by atoms with Crippen LogP contribution in [0.2, 0.25) is 0 Å². The molecule has 9 heteroatoms. The Kier molecular flexibility index (Phi) is 6.27. The van der Waals surface area contributed by atoms with Crippen LogP contribution in [0.1, 0.15) is 35.5 Å². The first kappa shape index (κ1) is 22.1. The molecule has 3 heterocycles. The van der Waals surface area contributed by atoms with Crippen LogP contribution in [-0.2, 0) is 22.5 Å². The molecule has 0 saturated heterocycles. The third-order valence-corrected chi connectivity index (χ3v) is 6.88. The fourth-order valence-electron chi connectivity index (χ4n) is 4.14. The van der Waals surface area contributed by atoms with E-state index < -0.39 is 6.04 Å². The number of carbonyl (C=O) groups excluding carboxylic acids is 2. The van der Waals surface area contributed by atoms with Gasteiger partial charge >= 0.3 is 12.0 Å². The van der Waals surface area contributed by atoms with Gasteiger partial charge in [-0.1, -0.05) is 72.0 Å². The van der Waals surface area contributed by atoms with Crippen LogP contribution in [0.15, 0.2) is 60.7 Å². The van der Waals surface area contributed by atoms with Gasteiger partial charge in [0, 0.05) is 23.4 Å². The monoisotopic (exact) mass is 475 g/mol. The van der Waals surface area contributed by atoms with Crippen molar-refractivity contribution in [3.05, 3.63) is 76.8 Å². The van der Waals surface area contributed by atoms with Crippen molar-refractivity contribution in [3.8, 4) is 11.4 Å². The number of esters is 1. The maximum Gasteiger partial charge on any atom is 0.318 e. The van der Waals surface area contributed by atoms with Gasteiger partial charge in [-0.3, -0.25) is 4.79 Å². The van der Waals surface area contributed by atoms with E-state index in [4.69, 9.17) is 14.8 Å². The number of ether oxygens (including phenoxy) is 1. The average Bonchev–Trinajstić information content (AvgIpc) is 3.42. The van der Waals surface area contributed by atoms with Crippen molar-refractivity contribution in [2.45, 2.75) is 32.4 Å². The second kappa shape index (κ2) is 9.64.